The molecule has 0 spiro atoms. The summed E-state index contributed by atoms with van der Waals surface area (Å²) in [6.07, 6.45) is 1.63. The first-order valence-electron chi connectivity index (χ1n) is 4.13. The van der Waals surface area contributed by atoms with E-state index in [2.05, 4.69) is 20.8 Å². The molecule has 0 radical (unpaired) electrons. The summed E-state index contributed by atoms with van der Waals surface area (Å²) in [6.45, 7) is 7.63. The van der Waals surface area contributed by atoms with Gasteiger partial charge < -0.3 is 0 Å². The fraction of sp³-hybridized carbons (Fsp3) is 1.00. The van der Waals surface area contributed by atoms with Crippen molar-refractivity contribution in [3.8, 4) is 0 Å². The van der Waals surface area contributed by atoms with Gasteiger partial charge in [0.05, 0.1) is 0 Å². The van der Waals surface area contributed by atoms with Crippen LogP contribution in [0.3, 0.4) is 0 Å². The molecule has 0 saturated heterocycles. The van der Waals surface area contributed by atoms with Crippen molar-refractivity contribution in [2.24, 2.45) is 0 Å². The first kappa shape index (κ1) is 10.8. The average molecular weight is 221 g/mol. The van der Waals surface area contributed by atoms with Gasteiger partial charge >= 0.3 is 76.1 Å². The van der Waals surface area contributed by atoms with Crippen LogP contribution in [0.1, 0.15) is 27.2 Å². The van der Waals surface area contributed by atoms with E-state index in [1.807, 2.05) is 0 Å². The van der Waals surface area contributed by atoms with Crippen LogP contribution < -0.4 is 0 Å². The Labute approximate surface area is 76.1 Å². The number of rotatable bonds is 6. The standard InChI is InChI=1S/C6H13O.C2H5.Zr/c1-4-6(3)7-5-2;1-2;/h6H,2,4-5H2,1,3H3;1H2,2H3;. The Hall–Kier alpha value is 0.843. The van der Waals surface area contributed by atoms with Gasteiger partial charge in [-0.1, -0.05) is 0 Å². The zero-order chi connectivity index (χ0) is 7.82. The molecule has 10 heavy (non-hydrogen) atoms. The Bertz CT molecular complexity index is 66.3. The second kappa shape index (κ2) is 7.94. The van der Waals surface area contributed by atoms with E-state index in [1.54, 1.807) is 0 Å². The molecule has 0 aliphatic rings. The summed E-state index contributed by atoms with van der Waals surface area (Å²) in [5.41, 5.74) is 0. The van der Waals surface area contributed by atoms with E-state index < -0.39 is 0 Å². The molecule has 0 saturated carbocycles. The normalized spacial score (nSPS) is 13.1. The Balaban J connectivity index is 2.89. The van der Waals surface area contributed by atoms with Crippen molar-refractivity contribution in [2.45, 2.75) is 41.6 Å². The molecule has 0 aromatic rings. The summed E-state index contributed by atoms with van der Waals surface area (Å²) < 4.78 is 8.38. The number of ether oxygens (including phenoxy) is 1. The van der Waals surface area contributed by atoms with Crippen LogP contribution >= 0.6 is 0 Å². The van der Waals surface area contributed by atoms with Crippen molar-refractivity contribution >= 4 is 0 Å². The molecule has 1 atom stereocenters. The minimum absolute atomic E-state index is 0.00955. The molecular weight excluding hydrogens is 203 g/mol. The Morgan fingerprint density at radius 3 is 2.60 bits per heavy atom. The molecular formula is C8H18OZr. The van der Waals surface area contributed by atoms with Gasteiger partial charge in [0.1, 0.15) is 0 Å². The molecule has 0 rings (SSSR count). The summed E-state index contributed by atoms with van der Waals surface area (Å²) in [6, 6.07) is 0. The Morgan fingerprint density at radius 1 is 1.40 bits per heavy atom. The molecule has 0 aromatic carbocycles. The maximum atomic E-state index is 5.54. The van der Waals surface area contributed by atoms with E-state index in [9.17, 15) is 0 Å². The van der Waals surface area contributed by atoms with Crippen LogP contribution in [0.25, 0.3) is 0 Å². The quantitative estimate of drug-likeness (QED) is 0.627. The maximum absolute atomic E-state index is 5.54. The van der Waals surface area contributed by atoms with Gasteiger partial charge in [-0.05, 0) is 0 Å². The summed E-state index contributed by atoms with van der Waals surface area (Å²) in [4.78, 5) is 0. The predicted octanol–water partition coefficient (Wildman–Crippen LogP) is 2.74. The zero-order valence-electron chi connectivity index (χ0n) is 7.31. The zero-order valence-corrected chi connectivity index (χ0v) is 9.77. The molecule has 1 unspecified atom stereocenters. The van der Waals surface area contributed by atoms with Gasteiger partial charge in [-0.15, -0.1) is 0 Å². The topological polar surface area (TPSA) is 9.23 Å². The fourth-order valence-corrected chi connectivity index (χ4v) is 2.14. The fourth-order valence-electron chi connectivity index (χ4n) is 0.627. The van der Waals surface area contributed by atoms with E-state index in [-0.39, 0.29) is 23.2 Å². The van der Waals surface area contributed by atoms with Gasteiger partial charge in [0.15, 0.2) is 0 Å². The van der Waals surface area contributed by atoms with E-state index in [0.29, 0.717) is 6.10 Å². The van der Waals surface area contributed by atoms with Crippen molar-refractivity contribution in [1.82, 2.24) is 0 Å². The van der Waals surface area contributed by atoms with Gasteiger partial charge in [0, 0.05) is 0 Å². The van der Waals surface area contributed by atoms with Crippen LogP contribution in [0, 0.1) is 0 Å². The second-order valence-corrected chi connectivity index (χ2v) is 6.64. The van der Waals surface area contributed by atoms with Crippen LogP contribution in [-0.4, -0.2) is 12.7 Å². The first-order valence-corrected chi connectivity index (χ1v) is 7.61. The van der Waals surface area contributed by atoms with Crippen molar-refractivity contribution in [3.05, 3.63) is 0 Å². The molecule has 0 aromatic heterocycles. The van der Waals surface area contributed by atoms with E-state index >= 15 is 0 Å². The summed E-state index contributed by atoms with van der Waals surface area (Å²) in [7, 11) is 0. The molecule has 1 nitrogen and oxygen atoms in total. The average Bonchev–Trinajstić information content (AvgIpc) is 1.98. The third-order valence-corrected chi connectivity index (χ3v) is 4.11. The molecule has 60 valence electrons. The van der Waals surface area contributed by atoms with Crippen LogP contribution in [0.15, 0.2) is 0 Å². The van der Waals surface area contributed by atoms with Crippen LogP contribution in [0.4, 0.5) is 0 Å². The van der Waals surface area contributed by atoms with E-state index in [0.717, 1.165) is 13.0 Å². The molecule has 0 aliphatic carbocycles. The number of hydrogen-bond donors (Lipinski definition) is 0. The van der Waals surface area contributed by atoms with Crippen molar-refractivity contribution in [2.75, 3.05) is 6.61 Å². The van der Waals surface area contributed by atoms with Crippen LogP contribution in [0.2, 0.25) is 8.26 Å². The molecule has 0 fully saturated rings. The van der Waals surface area contributed by atoms with Crippen molar-refractivity contribution in [1.29, 1.82) is 0 Å². The van der Waals surface area contributed by atoms with Crippen LogP contribution in [-0.2, 0) is 28.0 Å². The number of hydrogen-bond acceptors (Lipinski definition) is 1. The molecule has 2 heteroatoms. The summed E-state index contributed by atoms with van der Waals surface area (Å²) in [5.74, 6) is 0. The Kier molecular flexibility index (Phi) is 8.61. The second-order valence-electron chi connectivity index (χ2n) is 2.44. The third-order valence-electron chi connectivity index (χ3n) is 1.51. The minimum atomic E-state index is 0.00955. The van der Waals surface area contributed by atoms with Gasteiger partial charge in [-0.3, -0.25) is 0 Å². The molecule has 0 N–H and O–H groups in total. The monoisotopic (exact) mass is 220 g/mol. The molecule has 0 amide bonds. The third kappa shape index (κ3) is 6.96. The van der Waals surface area contributed by atoms with Gasteiger partial charge in [0.25, 0.3) is 0 Å². The van der Waals surface area contributed by atoms with Gasteiger partial charge in [-0.2, -0.15) is 0 Å². The van der Waals surface area contributed by atoms with Crippen molar-refractivity contribution in [3.63, 3.8) is 0 Å². The molecule has 0 heterocycles. The summed E-state index contributed by atoms with van der Waals surface area (Å²) >= 11 is 0.00955. The van der Waals surface area contributed by atoms with E-state index in [1.165, 1.54) is 8.26 Å². The van der Waals surface area contributed by atoms with E-state index in [4.69, 9.17) is 4.74 Å². The SMILES string of the molecule is C[CH2][Zr][CH2]COC(C)CC. The summed E-state index contributed by atoms with van der Waals surface area (Å²) in [5, 5.41) is 0. The van der Waals surface area contributed by atoms with Crippen molar-refractivity contribution < 1.29 is 28.0 Å². The molecule has 0 bridgehead atoms. The van der Waals surface area contributed by atoms with Gasteiger partial charge in [-0.25, -0.2) is 0 Å². The van der Waals surface area contributed by atoms with Crippen LogP contribution in [0.5, 0.6) is 0 Å². The molecule has 0 aliphatic heterocycles. The Morgan fingerprint density at radius 2 is 2.10 bits per heavy atom. The predicted molar refractivity (Wildman–Crippen MR) is 41.0 cm³/mol. The van der Waals surface area contributed by atoms with Gasteiger partial charge in [0.2, 0.25) is 0 Å². The first-order chi connectivity index (χ1) is 4.81.